The molecule has 0 atom stereocenters. The topological polar surface area (TPSA) is 74.3 Å². The number of carbonyl (C=O) groups is 2. The van der Waals surface area contributed by atoms with Gasteiger partial charge in [0.1, 0.15) is 17.3 Å². The van der Waals surface area contributed by atoms with Crippen LogP contribution in [-0.2, 0) is 17.7 Å². The van der Waals surface area contributed by atoms with E-state index >= 15 is 0 Å². The molecule has 2 heterocycles. The predicted octanol–water partition coefficient (Wildman–Crippen LogP) is 2.86. The minimum absolute atomic E-state index is 0.166. The van der Waals surface area contributed by atoms with Gasteiger partial charge in [0, 0.05) is 6.42 Å². The zero-order chi connectivity index (χ0) is 15.9. The second kappa shape index (κ2) is 7.59. The number of aromatic nitrogens is 2. The van der Waals surface area contributed by atoms with Crippen LogP contribution in [0.2, 0.25) is 0 Å². The van der Waals surface area contributed by atoms with Gasteiger partial charge in [-0.2, -0.15) is 0 Å². The van der Waals surface area contributed by atoms with Gasteiger partial charge in [-0.05, 0) is 25.5 Å². The van der Waals surface area contributed by atoms with Crippen LogP contribution in [0.25, 0.3) is 0 Å². The molecule has 0 bridgehead atoms. The van der Waals surface area contributed by atoms with E-state index in [9.17, 15) is 9.59 Å². The average molecular weight is 304 g/mol. The van der Waals surface area contributed by atoms with Gasteiger partial charge in [0.25, 0.3) is 0 Å². The molecule has 0 saturated heterocycles. The Morgan fingerprint density at radius 2 is 2.23 bits per heavy atom. The number of furan rings is 1. The minimum Gasteiger partial charge on any atom is -0.460 e. The van der Waals surface area contributed by atoms with Crippen LogP contribution in [0.4, 0.5) is 0 Å². The Hall–Kier alpha value is -2.37. The van der Waals surface area contributed by atoms with Crippen molar-refractivity contribution < 1.29 is 18.7 Å². The molecule has 2 aromatic heterocycles. The van der Waals surface area contributed by atoms with E-state index in [0.29, 0.717) is 24.6 Å². The normalized spacial score (nSPS) is 10.6. The van der Waals surface area contributed by atoms with Crippen LogP contribution in [0, 0.1) is 0 Å². The SMILES string of the molecule is CCCCc1ncc(C=O)n1Cc1ccc(C(=O)OCC)o1. The third kappa shape index (κ3) is 3.63. The van der Waals surface area contributed by atoms with Crippen LogP contribution < -0.4 is 0 Å². The fourth-order valence-electron chi connectivity index (χ4n) is 2.17. The second-order valence-corrected chi connectivity index (χ2v) is 4.89. The fraction of sp³-hybridized carbons (Fsp3) is 0.438. The number of aryl methyl sites for hydroxylation is 1. The Balaban J connectivity index is 2.17. The summed E-state index contributed by atoms with van der Waals surface area (Å²) in [5.41, 5.74) is 0.500. The summed E-state index contributed by atoms with van der Waals surface area (Å²) in [6.07, 6.45) is 5.19. The lowest BCUT2D eigenvalue weighted by Gasteiger charge is -2.07. The number of unbranched alkanes of at least 4 members (excludes halogenated alkanes) is 1. The van der Waals surface area contributed by atoms with Gasteiger partial charge in [-0.1, -0.05) is 13.3 Å². The maximum atomic E-state index is 11.6. The molecule has 0 aliphatic carbocycles. The Labute approximate surface area is 129 Å². The first kappa shape index (κ1) is 16.0. The molecule has 0 aliphatic heterocycles. The van der Waals surface area contributed by atoms with E-state index in [-0.39, 0.29) is 5.76 Å². The maximum absolute atomic E-state index is 11.6. The van der Waals surface area contributed by atoms with E-state index in [4.69, 9.17) is 9.15 Å². The zero-order valence-electron chi connectivity index (χ0n) is 12.9. The van der Waals surface area contributed by atoms with Gasteiger partial charge in [0.15, 0.2) is 6.29 Å². The van der Waals surface area contributed by atoms with Crippen LogP contribution in [-0.4, -0.2) is 28.4 Å². The summed E-state index contributed by atoms with van der Waals surface area (Å²) in [5.74, 6) is 1.11. The lowest BCUT2D eigenvalue weighted by molar-refractivity contribution is 0.0487. The molecule has 2 aromatic rings. The van der Waals surface area contributed by atoms with Crippen molar-refractivity contribution in [3.63, 3.8) is 0 Å². The molecule has 118 valence electrons. The standard InChI is InChI=1S/C16H20N2O4/c1-3-5-6-15-17-9-12(11-19)18(15)10-13-7-8-14(22-13)16(20)21-4-2/h7-9,11H,3-6,10H2,1-2H3. The molecule has 6 nitrogen and oxygen atoms in total. The predicted molar refractivity (Wildman–Crippen MR) is 80.0 cm³/mol. The Bertz CT molecular complexity index is 642. The minimum atomic E-state index is -0.485. The van der Waals surface area contributed by atoms with Crippen LogP contribution in [0.3, 0.4) is 0 Å². The van der Waals surface area contributed by atoms with Crippen molar-refractivity contribution in [3.05, 3.63) is 41.4 Å². The molecule has 0 fully saturated rings. The first-order valence-corrected chi connectivity index (χ1v) is 7.45. The highest BCUT2D eigenvalue weighted by Crippen LogP contribution is 2.15. The van der Waals surface area contributed by atoms with Crippen LogP contribution >= 0.6 is 0 Å². The van der Waals surface area contributed by atoms with Gasteiger partial charge in [0.05, 0.1) is 19.3 Å². The summed E-state index contributed by atoms with van der Waals surface area (Å²) in [4.78, 5) is 27.0. The Kier molecular flexibility index (Phi) is 5.52. The molecule has 0 saturated carbocycles. The second-order valence-electron chi connectivity index (χ2n) is 4.89. The molecular weight excluding hydrogens is 284 g/mol. The van der Waals surface area contributed by atoms with Crippen molar-refractivity contribution in [2.45, 2.75) is 39.7 Å². The van der Waals surface area contributed by atoms with Crippen molar-refractivity contribution in [1.29, 1.82) is 0 Å². The molecule has 0 unspecified atom stereocenters. The Morgan fingerprint density at radius 1 is 1.41 bits per heavy atom. The van der Waals surface area contributed by atoms with Crippen molar-refractivity contribution >= 4 is 12.3 Å². The van der Waals surface area contributed by atoms with Gasteiger partial charge in [-0.15, -0.1) is 0 Å². The number of nitrogens with zero attached hydrogens (tertiary/aromatic N) is 2. The molecule has 0 aliphatic rings. The molecular formula is C16H20N2O4. The first-order chi connectivity index (χ1) is 10.7. The van der Waals surface area contributed by atoms with E-state index in [1.807, 2.05) is 4.57 Å². The van der Waals surface area contributed by atoms with Gasteiger partial charge in [-0.25, -0.2) is 9.78 Å². The number of carbonyl (C=O) groups excluding carboxylic acids is 2. The molecule has 22 heavy (non-hydrogen) atoms. The smallest absolute Gasteiger partial charge is 0.374 e. The fourth-order valence-corrected chi connectivity index (χ4v) is 2.17. The third-order valence-electron chi connectivity index (χ3n) is 3.30. The van der Waals surface area contributed by atoms with Crippen LogP contribution in [0.1, 0.15) is 59.3 Å². The highest BCUT2D eigenvalue weighted by atomic mass is 16.5. The number of imidazole rings is 1. The lowest BCUT2D eigenvalue weighted by Crippen LogP contribution is -2.08. The quantitative estimate of drug-likeness (QED) is 0.554. The number of esters is 1. The largest absolute Gasteiger partial charge is 0.460 e. The summed E-state index contributed by atoms with van der Waals surface area (Å²) in [6.45, 7) is 4.51. The number of ether oxygens (including phenoxy) is 1. The first-order valence-electron chi connectivity index (χ1n) is 7.45. The Morgan fingerprint density at radius 3 is 2.91 bits per heavy atom. The van der Waals surface area contributed by atoms with Gasteiger partial charge >= 0.3 is 5.97 Å². The highest BCUT2D eigenvalue weighted by molar-refractivity contribution is 5.86. The van der Waals surface area contributed by atoms with Crippen molar-refractivity contribution in [3.8, 4) is 0 Å². The maximum Gasteiger partial charge on any atom is 0.374 e. The highest BCUT2D eigenvalue weighted by Gasteiger charge is 2.15. The van der Waals surface area contributed by atoms with Crippen molar-refractivity contribution in [1.82, 2.24) is 9.55 Å². The molecule has 0 N–H and O–H groups in total. The van der Waals surface area contributed by atoms with E-state index in [0.717, 1.165) is 31.4 Å². The zero-order valence-corrected chi connectivity index (χ0v) is 12.9. The summed E-state index contributed by atoms with van der Waals surface area (Å²) in [5, 5.41) is 0. The summed E-state index contributed by atoms with van der Waals surface area (Å²) >= 11 is 0. The number of hydrogen-bond donors (Lipinski definition) is 0. The molecule has 0 amide bonds. The molecule has 0 radical (unpaired) electrons. The van der Waals surface area contributed by atoms with E-state index in [1.165, 1.54) is 0 Å². The van der Waals surface area contributed by atoms with Gasteiger partial charge in [0.2, 0.25) is 5.76 Å². The van der Waals surface area contributed by atoms with E-state index in [2.05, 4.69) is 11.9 Å². The van der Waals surface area contributed by atoms with Crippen molar-refractivity contribution in [2.24, 2.45) is 0 Å². The summed E-state index contributed by atoms with van der Waals surface area (Å²) < 4.78 is 12.2. The van der Waals surface area contributed by atoms with Crippen LogP contribution in [0.5, 0.6) is 0 Å². The number of hydrogen-bond acceptors (Lipinski definition) is 5. The monoisotopic (exact) mass is 304 g/mol. The van der Waals surface area contributed by atoms with E-state index in [1.54, 1.807) is 25.3 Å². The van der Waals surface area contributed by atoms with Gasteiger partial charge in [-0.3, -0.25) is 4.79 Å². The molecule has 6 heteroatoms. The van der Waals surface area contributed by atoms with Crippen molar-refractivity contribution in [2.75, 3.05) is 6.61 Å². The van der Waals surface area contributed by atoms with Crippen LogP contribution in [0.15, 0.2) is 22.7 Å². The van der Waals surface area contributed by atoms with Gasteiger partial charge < -0.3 is 13.7 Å². The summed E-state index contributed by atoms with van der Waals surface area (Å²) in [6, 6.07) is 3.29. The third-order valence-corrected chi connectivity index (χ3v) is 3.30. The summed E-state index contributed by atoms with van der Waals surface area (Å²) in [7, 11) is 0. The number of aldehydes is 1. The average Bonchev–Trinajstić information content (AvgIpc) is 3.13. The number of rotatable bonds is 8. The molecule has 0 spiro atoms. The van der Waals surface area contributed by atoms with E-state index < -0.39 is 5.97 Å². The molecule has 2 rings (SSSR count). The molecule has 0 aromatic carbocycles. The lowest BCUT2D eigenvalue weighted by atomic mass is 10.2.